The minimum Gasteiger partial charge on any atom is -0.326 e. The van der Waals surface area contributed by atoms with Crippen LogP contribution in [0.5, 0.6) is 0 Å². The average Bonchev–Trinajstić information content (AvgIpc) is 2.71. The van der Waals surface area contributed by atoms with Crippen LogP contribution in [0.3, 0.4) is 0 Å². The van der Waals surface area contributed by atoms with Crippen LogP contribution < -0.4 is 5.73 Å². The van der Waals surface area contributed by atoms with Crippen LogP contribution in [0.25, 0.3) is 11.1 Å². The second-order valence-electron chi connectivity index (χ2n) is 4.42. The molecular weight excluding hydrogens is 246 g/mol. The van der Waals surface area contributed by atoms with Crippen LogP contribution in [-0.2, 0) is 20.0 Å². The predicted octanol–water partition coefficient (Wildman–Crippen LogP) is 3.15. The molecule has 0 aliphatic carbocycles. The van der Waals surface area contributed by atoms with Gasteiger partial charge in [-0.25, -0.2) is 0 Å². The van der Waals surface area contributed by atoms with Gasteiger partial charge < -0.3 is 5.73 Å². The van der Waals surface area contributed by atoms with Crippen molar-refractivity contribution >= 4 is 11.6 Å². The van der Waals surface area contributed by atoms with Gasteiger partial charge in [-0.1, -0.05) is 31.0 Å². The van der Waals surface area contributed by atoms with Gasteiger partial charge in [-0.15, -0.1) is 0 Å². The van der Waals surface area contributed by atoms with E-state index in [1.165, 1.54) is 5.56 Å². The van der Waals surface area contributed by atoms with Gasteiger partial charge in [0.05, 0.1) is 5.69 Å². The Morgan fingerprint density at radius 2 is 2.17 bits per heavy atom. The fraction of sp³-hybridized carbons (Fsp3) is 0.357. The summed E-state index contributed by atoms with van der Waals surface area (Å²) < 4.78 is 1.86. The lowest BCUT2D eigenvalue weighted by Gasteiger charge is -2.06. The number of rotatable bonds is 4. The summed E-state index contributed by atoms with van der Waals surface area (Å²) in [6.07, 6.45) is 4.12. The summed E-state index contributed by atoms with van der Waals surface area (Å²) in [4.78, 5) is 0. The van der Waals surface area contributed by atoms with E-state index in [0.717, 1.165) is 34.7 Å². The summed E-state index contributed by atoms with van der Waals surface area (Å²) in [7, 11) is 1.95. The van der Waals surface area contributed by atoms with Crippen molar-refractivity contribution in [1.82, 2.24) is 9.78 Å². The van der Waals surface area contributed by atoms with E-state index in [1.807, 2.05) is 23.9 Å². The van der Waals surface area contributed by atoms with Crippen molar-refractivity contribution in [1.29, 1.82) is 0 Å². The number of aromatic nitrogens is 2. The normalized spacial score (nSPS) is 10.9. The third-order valence-electron chi connectivity index (χ3n) is 2.97. The first kappa shape index (κ1) is 13.1. The van der Waals surface area contributed by atoms with Crippen LogP contribution in [0.2, 0.25) is 5.02 Å². The van der Waals surface area contributed by atoms with Crippen molar-refractivity contribution < 1.29 is 0 Å². The maximum Gasteiger partial charge on any atom is 0.0702 e. The van der Waals surface area contributed by atoms with Gasteiger partial charge in [-0.05, 0) is 29.7 Å². The van der Waals surface area contributed by atoms with E-state index in [-0.39, 0.29) is 0 Å². The zero-order valence-corrected chi connectivity index (χ0v) is 11.5. The zero-order chi connectivity index (χ0) is 13.1. The molecule has 0 amide bonds. The van der Waals surface area contributed by atoms with Gasteiger partial charge >= 0.3 is 0 Å². The van der Waals surface area contributed by atoms with Gasteiger partial charge in [-0.3, -0.25) is 4.68 Å². The first-order chi connectivity index (χ1) is 8.65. The Bertz CT molecular complexity index is 546. The van der Waals surface area contributed by atoms with Gasteiger partial charge in [0.2, 0.25) is 0 Å². The molecule has 1 aromatic heterocycles. The van der Waals surface area contributed by atoms with Crippen molar-refractivity contribution in [3.63, 3.8) is 0 Å². The van der Waals surface area contributed by atoms with E-state index < -0.39 is 0 Å². The number of hydrogen-bond donors (Lipinski definition) is 1. The van der Waals surface area contributed by atoms with Crippen LogP contribution in [0.15, 0.2) is 24.4 Å². The third-order valence-corrected chi connectivity index (χ3v) is 3.34. The predicted molar refractivity (Wildman–Crippen MR) is 75.5 cm³/mol. The van der Waals surface area contributed by atoms with Gasteiger partial charge in [0, 0.05) is 30.4 Å². The molecule has 0 aliphatic rings. The van der Waals surface area contributed by atoms with Crippen molar-refractivity contribution in [2.45, 2.75) is 26.3 Å². The summed E-state index contributed by atoms with van der Waals surface area (Å²) in [6, 6.07) is 5.98. The van der Waals surface area contributed by atoms with E-state index >= 15 is 0 Å². The highest BCUT2D eigenvalue weighted by Gasteiger charge is 2.10. The Labute approximate surface area is 113 Å². The molecule has 0 saturated heterocycles. The molecule has 2 rings (SSSR count). The molecule has 18 heavy (non-hydrogen) atoms. The highest BCUT2D eigenvalue weighted by atomic mass is 35.5. The number of nitrogens with zero attached hydrogens (tertiary/aromatic N) is 2. The first-order valence-corrected chi connectivity index (χ1v) is 6.55. The minimum atomic E-state index is 0.454. The molecule has 96 valence electrons. The standard InChI is InChI=1S/C14H18ClN3/c1-3-4-14-12(9-18(2)17-14)10-5-6-13(15)11(7-10)8-16/h5-7,9H,3-4,8,16H2,1-2H3. The highest BCUT2D eigenvalue weighted by Crippen LogP contribution is 2.27. The SMILES string of the molecule is CCCc1nn(C)cc1-c1ccc(Cl)c(CN)c1. The molecule has 0 radical (unpaired) electrons. The molecule has 0 fully saturated rings. The van der Waals surface area contributed by atoms with Crippen molar-refractivity contribution in [3.8, 4) is 11.1 Å². The Morgan fingerprint density at radius 3 is 2.83 bits per heavy atom. The maximum atomic E-state index is 6.09. The van der Waals surface area contributed by atoms with Crippen LogP contribution in [0.4, 0.5) is 0 Å². The molecule has 0 atom stereocenters. The Morgan fingerprint density at radius 1 is 1.39 bits per heavy atom. The second-order valence-corrected chi connectivity index (χ2v) is 4.83. The molecule has 0 saturated carbocycles. The quantitative estimate of drug-likeness (QED) is 0.921. The van der Waals surface area contributed by atoms with E-state index in [2.05, 4.69) is 24.3 Å². The smallest absolute Gasteiger partial charge is 0.0702 e. The molecule has 0 spiro atoms. The monoisotopic (exact) mass is 263 g/mol. The van der Waals surface area contributed by atoms with Crippen molar-refractivity contribution in [3.05, 3.63) is 40.7 Å². The second kappa shape index (κ2) is 5.55. The Balaban J connectivity index is 2.47. The first-order valence-electron chi connectivity index (χ1n) is 6.17. The summed E-state index contributed by atoms with van der Waals surface area (Å²) in [5.41, 5.74) is 10.1. The van der Waals surface area contributed by atoms with Crippen LogP contribution in [-0.4, -0.2) is 9.78 Å². The molecule has 3 nitrogen and oxygen atoms in total. The zero-order valence-electron chi connectivity index (χ0n) is 10.8. The van der Waals surface area contributed by atoms with Crippen molar-refractivity contribution in [2.24, 2.45) is 12.8 Å². The Kier molecular flexibility index (Phi) is 4.04. The van der Waals surface area contributed by atoms with E-state index in [0.29, 0.717) is 6.54 Å². The van der Waals surface area contributed by atoms with E-state index in [9.17, 15) is 0 Å². The maximum absolute atomic E-state index is 6.09. The molecule has 0 aliphatic heterocycles. The minimum absolute atomic E-state index is 0.454. The van der Waals surface area contributed by atoms with Crippen molar-refractivity contribution in [2.75, 3.05) is 0 Å². The Hall–Kier alpha value is -1.32. The van der Waals surface area contributed by atoms with Gasteiger partial charge in [-0.2, -0.15) is 5.10 Å². The lowest BCUT2D eigenvalue weighted by molar-refractivity contribution is 0.733. The molecule has 0 bridgehead atoms. The molecule has 2 N–H and O–H groups in total. The number of aryl methyl sites for hydroxylation is 2. The van der Waals surface area contributed by atoms with Crippen LogP contribution in [0.1, 0.15) is 24.6 Å². The summed E-state index contributed by atoms with van der Waals surface area (Å²) in [5, 5.41) is 5.23. The summed E-state index contributed by atoms with van der Waals surface area (Å²) in [5.74, 6) is 0. The topological polar surface area (TPSA) is 43.8 Å². The van der Waals surface area contributed by atoms with Gasteiger partial charge in [0.1, 0.15) is 0 Å². The fourth-order valence-electron chi connectivity index (χ4n) is 2.10. The van der Waals surface area contributed by atoms with E-state index in [4.69, 9.17) is 17.3 Å². The summed E-state index contributed by atoms with van der Waals surface area (Å²) >= 11 is 6.09. The molecule has 1 heterocycles. The lowest BCUT2D eigenvalue weighted by atomic mass is 10.0. The fourth-order valence-corrected chi connectivity index (χ4v) is 2.29. The molecule has 4 heteroatoms. The average molecular weight is 264 g/mol. The van der Waals surface area contributed by atoms with Crippen LogP contribution in [0, 0.1) is 0 Å². The molecule has 0 unspecified atom stereocenters. The number of nitrogens with two attached hydrogens (primary N) is 1. The largest absolute Gasteiger partial charge is 0.326 e. The molecule has 1 aromatic carbocycles. The van der Waals surface area contributed by atoms with E-state index in [1.54, 1.807) is 0 Å². The summed E-state index contributed by atoms with van der Waals surface area (Å²) in [6.45, 7) is 2.61. The highest BCUT2D eigenvalue weighted by molar-refractivity contribution is 6.31. The molecular formula is C14H18ClN3. The lowest BCUT2D eigenvalue weighted by Crippen LogP contribution is -1.97. The van der Waals surface area contributed by atoms with Gasteiger partial charge in [0.25, 0.3) is 0 Å². The molecule has 2 aromatic rings. The number of hydrogen-bond acceptors (Lipinski definition) is 2. The number of halogens is 1. The van der Waals surface area contributed by atoms with Crippen LogP contribution >= 0.6 is 11.6 Å². The number of benzene rings is 1. The third kappa shape index (κ3) is 2.57. The van der Waals surface area contributed by atoms with Gasteiger partial charge in [0.15, 0.2) is 0 Å².